The van der Waals surface area contributed by atoms with Gasteiger partial charge in [0.05, 0.1) is 5.69 Å². The van der Waals surface area contributed by atoms with E-state index in [1.165, 1.54) is 11.1 Å². The Bertz CT molecular complexity index is 564. The van der Waals surface area contributed by atoms with Gasteiger partial charge in [-0.1, -0.05) is 32.0 Å². The molecule has 0 aliphatic heterocycles. The topological polar surface area (TPSA) is 48.1 Å². The Hall–Kier alpha value is -2.03. The Balaban J connectivity index is 2.17. The van der Waals surface area contributed by atoms with Crippen LogP contribution in [0.4, 0.5) is 5.82 Å². The first-order valence-electron chi connectivity index (χ1n) is 6.51. The Morgan fingerprint density at radius 3 is 2.68 bits per heavy atom. The molecule has 0 atom stereocenters. The van der Waals surface area contributed by atoms with E-state index in [2.05, 4.69) is 44.0 Å². The summed E-state index contributed by atoms with van der Waals surface area (Å²) in [5, 5.41) is 0. The van der Waals surface area contributed by atoms with E-state index in [9.17, 15) is 0 Å². The minimum Gasteiger partial charge on any atom is -0.487 e. The molecular weight excluding hydrogens is 236 g/mol. The van der Waals surface area contributed by atoms with Gasteiger partial charge in [-0.3, -0.25) is 0 Å². The number of rotatable bonds is 4. The summed E-state index contributed by atoms with van der Waals surface area (Å²) >= 11 is 0. The number of pyridine rings is 1. The summed E-state index contributed by atoms with van der Waals surface area (Å²) in [5.74, 6) is 1.89. The molecule has 1 aromatic heterocycles. The van der Waals surface area contributed by atoms with E-state index in [4.69, 9.17) is 10.5 Å². The molecule has 2 aromatic rings. The van der Waals surface area contributed by atoms with Gasteiger partial charge in [-0.15, -0.1) is 0 Å². The maximum Gasteiger partial charge on any atom is 0.130 e. The van der Waals surface area contributed by atoms with E-state index in [1.54, 1.807) is 6.07 Å². The quantitative estimate of drug-likeness (QED) is 0.907. The van der Waals surface area contributed by atoms with Crippen LogP contribution in [0.25, 0.3) is 0 Å². The monoisotopic (exact) mass is 256 g/mol. The molecule has 1 aromatic carbocycles. The third kappa shape index (κ3) is 3.47. The van der Waals surface area contributed by atoms with Crippen molar-refractivity contribution in [2.75, 3.05) is 5.73 Å². The molecule has 0 aliphatic rings. The number of hydrogen-bond donors (Lipinski definition) is 1. The van der Waals surface area contributed by atoms with Crippen LogP contribution in [0.5, 0.6) is 5.75 Å². The molecule has 0 saturated carbocycles. The second kappa shape index (κ2) is 5.74. The van der Waals surface area contributed by atoms with Crippen LogP contribution in [0.15, 0.2) is 36.4 Å². The summed E-state index contributed by atoms with van der Waals surface area (Å²) in [4.78, 5) is 4.24. The van der Waals surface area contributed by atoms with Gasteiger partial charge in [-0.2, -0.15) is 0 Å². The number of nitrogens with two attached hydrogens (primary N) is 1. The summed E-state index contributed by atoms with van der Waals surface area (Å²) in [6.07, 6.45) is 0. The highest BCUT2D eigenvalue weighted by atomic mass is 16.5. The number of anilines is 1. The first-order valence-corrected chi connectivity index (χ1v) is 6.51. The number of benzene rings is 1. The van der Waals surface area contributed by atoms with Crippen molar-refractivity contribution in [2.24, 2.45) is 0 Å². The molecule has 0 unspecified atom stereocenters. The molecule has 3 nitrogen and oxygen atoms in total. The molecule has 0 bridgehead atoms. The molecule has 3 heteroatoms. The van der Waals surface area contributed by atoms with Crippen LogP contribution in [0.2, 0.25) is 0 Å². The maximum atomic E-state index is 5.90. The maximum absolute atomic E-state index is 5.90. The number of nitrogen functional groups attached to an aromatic ring is 1. The Labute approximate surface area is 114 Å². The first-order chi connectivity index (χ1) is 9.06. The van der Waals surface area contributed by atoms with Crippen molar-refractivity contribution in [3.8, 4) is 5.75 Å². The smallest absolute Gasteiger partial charge is 0.130 e. The molecular formula is C16H20N2O. The van der Waals surface area contributed by atoms with Gasteiger partial charge in [0.2, 0.25) is 0 Å². The lowest BCUT2D eigenvalue weighted by Gasteiger charge is -2.14. The predicted octanol–water partition coefficient (Wildman–Crippen LogP) is 3.67. The Morgan fingerprint density at radius 1 is 1.21 bits per heavy atom. The van der Waals surface area contributed by atoms with E-state index in [1.807, 2.05) is 12.1 Å². The zero-order valence-electron chi connectivity index (χ0n) is 11.7. The van der Waals surface area contributed by atoms with E-state index in [0.29, 0.717) is 18.3 Å². The number of nitrogens with zero attached hydrogens (tertiary/aromatic N) is 1. The van der Waals surface area contributed by atoms with Crippen LogP contribution in [0.1, 0.15) is 36.6 Å². The molecule has 0 aliphatic carbocycles. The molecule has 100 valence electrons. The van der Waals surface area contributed by atoms with Crippen LogP contribution in [-0.4, -0.2) is 4.98 Å². The fraction of sp³-hybridized carbons (Fsp3) is 0.312. The van der Waals surface area contributed by atoms with Gasteiger partial charge in [-0.05, 0) is 42.2 Å². The van der Waals surface area contributed by atoms with Gasteiger partial charge in [0.25, 0.3) is 0 Å². The average Bonchev–Trinajstić information content (AvgIpc) is 2.36. The Kier molecular flexibility index (Phi) is 4.05. The highest BCUT2D eigenvalue weighted by molar-refractivity contribution is 5.39. The second-order valence-corrected chi connectivity index (χ2v) is 5.04. The third-order valence-corrected chi connectivity index (χ3v) is 2.99. The van der Waals surface area contributed by atoms with Gasteiger partial charge >= 0.3 is 0 Å². The van der Waals surface area contributed by atoms with Crippen LogP contribution in [0, 0.1) is 6.92 Å². The van der Waals surface area contributed by atoms with Crippen molar-refractivity contribution < 1.29 is 4.74 Å². The predicted molar refractivity (Wildman–Crippen MR) is 78.2 cm³/mol. The van der Waals surface area contributed by atoms with Gasteiger partial charge in [-0.25, -0.2) is 4.98 Å². The van der Waals surface area contributed by atoms with Crippen molar-refractivity contribution in [1.29, 1.82) is 0 Å². The van der Waals surface area contributed by atoms with Crippen LogP contribution in [-0.2, 0) is 6.61 Å². The number of ether oxygens (including phenoxy) is 1. The lowest BCUT2D eigenvalue weighted by atomic mass is 10.0. The van der Waals surface area contributed by atoms with Gasteiger partial charge < -0.3 is 10.5 Å². The number of aromatic nitrogens is 1. The SMILES string of the molecule is Cc1ccc(C(C)C)c(OCc2cccc(N)n2)c1. The summed E-state index contributed by atoms with van der Waals surface area (Å²) in [7, 11) is 0. The summed E-state index contributed by atoms with van der Waals surface area (Å²) < 4.78 is 5.90. The first kappa shape index (κ1) is 13.4. The minimum atomic E-state index is 0.435. The zero-order chi connectivity index (χ0) is 13.8. The van der Waals surface area contributed by atoms with Crippen molar-refractivity contribution in [3.63, 3.8) is 0 Å². The van der Waals surface area contributed by atoms with Crippen LogP contribution < -0.4 is 10.5 Å². The molecule has 0 spiro atoms. The normalized spacial score (nSPS) is 10.7. The molecule has 0 amide bonds. The standard InChI is InChI=1S/C16H20N2O/c1-11(2)14-8-7-12(3)9-15(14)19-10-13-5-4-6-16(17)18-13/h4-9,11H,10H2,1-3H3,(H2,17,18). The van der Waals surface area contributed by atoms with Crippen molar-refractivity contribution in [1.82, 2.24) is 4.98 Å². The fourth-order valence-corrected chi connectivity index (χ4v) is 1.97. The van der Waals surface area contributed by atoms with Crippen LogP contribution in [0.3, 0.4) is 0 Å². The molecule has 0 saturated heterocycles. The van der Waals surface area contributed by atoms with E-state index < -0.39 is 0 Å². The molecule has 1 heterocycles. The summed E-state index contributed by atoms with van der Waals surface area (Å²) in [6, 6.07) is 11.9. The lowest BCUT2D eigenvalue weighted by Crippen LogP contribution is -2.03. The van der Waals surface area contributed by atoms with Crippen molar-refractivity contribution >= 4 is 5.82 Å². The largest absolute Gasteiger partial charge is 0.487 e. The third-order valence-electron chi connectivity index (χ3n) is 2.99. The zero-order valence-corrected chi connectivity index (χ0v) is 11.7. The molecule has 0 radical (unpaired) electrons. The number of aryl methyl sites for hydroxylation is 1. The highest BCUT2D eigenvalue weighted by Gasteiger charge is 2.08. The Morgan fingerprint density at radius 2 is 2.00 bits per heavy atom. The van der Waals surface area contributed by atoms with E-state index >= 15 is 0 Å². The summed E-state index contributed by atoms with van der Waals surface area (Å²) in [6.45, 7) is 6.83. The van der Waals surface area contributed by atoms with Gasteiger partial charge in [0.1, 0.15) is 18.2 Å². The molecule has 0 fully saturated rings. The van der Waals surface area contributed by atoms with E-state index in [0.717, 1.165) is 11.4 Å². The number of hydrogen-bond acceptors (Lipinski definition) is 3. The molecule has 2 rings (SSSR count). The van der Waals surface area contributed by atoms with E-state index in [-0.39, 0.29) is 0 Å². The van der Waals surface area contributed by atoms with Crippen LogP contribution >= 0.6 is 0 Å². The molecule has 19 heavy (non-hydrogen) atoms. The van der Waals surface area contributed by atoms with Gasteiger partial charge in [0, 0.05) is 0 Å². The van der Waals surface area contributed by atoms with Crippen molar-refractivity contribution in [3.05, 3.63) is 53.2 Å². The van der Waals surface area contributed by atoms with Gasteiger partial charge in [0.15, 0.2) is 0 Å². The summed E-state index contributed by atoms with van der Waals surface area (Å²) in [5.41, 5.74) is 8.92. The lowest BCUT2D eigenvalue weighted by molar-refractivity contribution is 0.297. The minimum absolute atomic E-state index is 0.435. The van der Waals surface area contributed by atoms with Crippen molar-refractivity contribution in [2.45, 2.75) is 33.3 Å². The highest BCUT2D eigenvalue weighted by Crippen LogP contribution is 2.28. The molecule has 2 N–H and O–H groups in total. The fourth-order valence-electron chi connectivity index (χ4n) is 1.97. The average molecular weight is 256 g/mol. The second-order valence-electron chi connectivity index (χ2n) is 5.04.